The van der Waals surface area contributed by atoms with E-state index in [1.54, 1.807) is 45.7 Å². The maximum absolute atomic E-state index is 14.9. The summed E-state index contributed by atoms with van der Waals surface area (Å²) in [5.74, 6) is -0.839. The summed E-state index contributed by atoms with van der Waals surface area (Å²) in [6.45, 7) is 9.44. The van der Waals surface area contributed by atoms with Crippen molar-refractivity contribution < 1.29 is 24.2 Å². The third-order valence-electron chi connectivity index (χ3n) is 9.45. The van der Waals surface area contributed by atoms with E-state index in [2.05, 4.69) is 29.1 Å². The zero-order chi connectivity index (χ0) is 32.8. The molecule has 3 unspecified atom stereocenters. The first-order valence-electron chi connectivity index (χ1n) is 16.0. The number of unbranched alkanes of at least 4 members (excludes halogenated alkanes) is 3. The molecule has 0 aromatic heterocycles. The largest absolute Gasteiger partial charge is 0.497 e. The second-order valence-corrected chi connectivity index (χ2v) is 15.0. The number of benzene rings is 2. The molecule has 5 rings (SSSR count). The highest BCUT2D eigenvalue weighted by Gasteiger charge is 2.76. The molecule has 0 radical (unpaired) electrons. The summed E-state index contributed by atoms with van der Waals surface area (Å²) in [6.07, 6.45) is 7.13. The number of ether oxygens (including phenoxy) is 1. The second-order valence-electron chi connectivity index (χ2n) is 12.3. The Kier molecular flexibility index (Phi) is 11.3. The van der Waals surface area contributed by atoms with E-state index in [4.69, 9.17) is 4.74 Å². The average molecular weight is 711 g/mol. The number of alkyl halides is 1. The van der Waals surface area contributed by atoms with Crippen LogP contribution in [0.4, 0.5) is 5.69 Å². The minimum absolute atomic E-state index is 0.0218. The number of fused-ring (bicyclic) bond motifs is 1. The molecule has 3 amide bonds. The highest BCUT2D eigenvalue weighted by molar-refractivity contribution is 9.09. The summed E-state index contributed by atoms with van der Waals surface area (Å²) < 4.78 is 4.59. The Bertz CT molecular complexity index is 1410. The number of carbonyl (C=O) groups is 3. The van der Waals surface area contributed by atoms with Gasteiger partial charge in [-0.1, -0.05) is 71.3 Å². The number of anilines is 1. The van der Waals surface area contributed by atoms with Crippen molar-refractivity contribution in [3.63, 3.8) is 0 Å². The molecule has 6 atom stereocenters. The number of hydrogen-bond acceptors (Lipinski definition) is 6. The van der Waals surface area contributed by atoms with Gasteiger partial charge in [-0.3, -0.25) is 14.4 Å². The number of amides is 3. The van der Waals surface area contributed by atoms with E-state index in [-0.39, 0.29) is 41.0 Å². The Hall–Kier alpha value is -3.08. The van der Waals surface area contributed by atoms with E-state index in [9.17, 15) is 19.5 Å². The predicted molar refractivity (Wildman–Crippen MR) is 187 cm³/mol. The Labute approximate surface area is 285 Å². The van der Waals surface area contributed by atoms with Crippen LogP contribution >= 0.6 is 27.7 Å². The summed E-state index contributed by atoms with van der Waals surface area (Å²) >= 11 is 5.55. The number of rotatable bonds is 16. The van der Waals surface area contributed by atoms with Gasteiger partial charge in [0.1, 0.15) is 11.8 Å². The van der Waals surface area contributed by atoms with Crippen LogP contribution in [0.1, 0.15) is 37.7 Å². The van der Waals surface area contributed by atoms with Crippen molar-refractivity contribution in [2.75, 3.05) is 38.3 Å². The second kappa shape index (κ2) is 15.2. The molecule has 3 heterocycles. The third-order valence-corrected chi connectivity index (χ3v) is 12.7. The zero-order valence-electron chi connectivity index (χ0n) is 26.4. The molecule has 3 aliphatic rings. The molecule has 2 bridgehead atoms. The van der Waals surface area contributed by atoms with Crippen LogP contribution in [-0.4, -0.2) is 86.8 Å². The van der Waals surface area contributed by atoms with Crippen LogP contribution in [0.5, 0.6) is 5.75 Å². The van der Waals surface area contributed by atoms with E-state index in [1.165, 1.54) is 0 Å². The lowest BCUT2D eigenvalue weighted by Crippen LogP contribution is -2.56. The van der Waals surface area contributed by atoms with Crippen molar-refractivity contribution in [2.24, 2.45) is 11.8 Å². The molecule has 10 heteroatoms. The number of aliphatic hydroxyl groups is 1. The molecular weight excluding hydrogens is 666 g/mol. The lowest BCUT2D eigenvalue weighted by atomic mass is 9.70. The van der Waals surface area contributed by atoms with Crippen LogP contribution < -0.4 is 9.64 Å². The van der Waals surface area contributed by atoms with E-state index < -0.39 is 22.6 Å². The zero-order valence-corrected chi connectivity index (χ0v) is 28.8. The minimum Gasteiger partial charge on any atom is -0.497 e. The lowest BCUT2D eigenvalue weighted by molar-refractivity contribution is -0.144. The molecule has 0 aliphatic carbocycles. The number of hydrogen-bond donors (Lipinski definition) is 1. The maximum atomic E-state index is 14.9. The van der Waals surface area contributed by atoms with Crippen molar-refractivity contribution in [3.8, 4) is 5.75 Å². The normalized spacial score (nSPS) is 26.1. The molecule has 1 spiro atoms. The molecule has 246 valence electrons. The van der Waals surface area contributed by atoms with Gasteiger partial charge < -0.3 is 24.5 Å². The van der Waals surface area contributed by atoms with E-state index in [1.807, 2.05) is 54.6 Å². The first-order valence-corrected chi connectivity index (χ1v) is 17.8. The van der Waals surface area contributed by atoms with Crippen molar-refractivity contribution >= 4 is 51.1 Å². The van der Waals surface area contributed by atoms with Gasteiger partial charge in [-0.15, -0.1) is 24.9 Å². The number of likely N-dealkylation sites (tertiary alicyclic amines) is 1. The van der Waals surface area contributed by atoms with Crippen LogP contribution in [0.3, 0.4) is 0 Å². The Morgan fingerprint density at radius 3 is 2.39 bits per heavy atom. The fourth-order valence-electron chi connectivity index (χ4n) is 7.44. The van der Waals surface area contributed by atoms with E-state index >= 15 is 0 Å². The van der Waals surface area contributed by atoms with Gasteiger partial charge in [0.05, 0.1) is 23.7 Å². The standard InChI is InChI=1S/C36H44BrN3O5S/c1-4-19-38(24-25-13-9-8-10-14-25)33(42)29-30-34(43)40(21-11-6-7-12-22-41)32(36(30)23-28(37)31(29)46-36)35(44)39(20-5-2)26-15-17-27(45-3)18-16-26/h4-5,8-10,13-18,28-32,41H,1-2,6-7,11-12,19-24H2,3H3/t28?,29-,30+,31-,32?,36?/m1/s1. The van der Waals surface area contributed by atoms with E-state index in [0.29, 0.717) is 50.3 Å². The van der Waals surface area contributed by atoms with Crippen molar-refractivity contribution in [2.45, 2.75) is 59.5 Å². The molecule has 3 saturated heterocycles. The van der Waals surface area contributed by atoms with Crippen molar-refractivity contribution in [1.82, 2.24) is 9.80 Å². The van der Waals surface area contributed by atoms with Gasteiger partial charge >= 0.3 is 0 Å². The Morgan fingerprint density at radius 2 is 1.74 bits per heavy atom. The van der Waals surface area contributed by atoms with Gasteiger partial charge in [-0.05, 0) is 49.1 Å². The van der Waals surface area contributed by atoms with Crippen LogP contribution in [0.25, 0.3) is 0 Å². The minimum atomic E-state index is -0.753. The summed E-state index contributed by atoms with van der Waals surface area (Å²) in [5, 5.41) is 9.13. The van der Waals surface area contributed by atoms with Crippen LogP contribution in [0, 0.1) is 11.8 Å². The molecule has 0 saturated carbocycles. The molecule has 3 fully saturated rings. The molecule has 3 aliphatic heterocycles. The molecule has 2 aromatic rings. The van der Waals surface area contributed by atoms with Crippen LogP contribution in [0.2, 0.25) is 0 Å². The molecule has 2 aromatic carbocycles. The fourth-order valence-corrected chi connectivity index (χ4v) is 11.0. The SMILES string of the molecule is C=CCN(Cc1ccccc1)C(=O)[C@H]1[C@@H]2SC3(CC2Br)C(C(=O)N(CC=C)c2ccc(OC)cc2)N(CCCCCCO)C(=O)[C@H]13. The maximum Gasteiger partial charge on any atom is 0.251 e. The first kappa shape index (κ1) is 34.3. The Morgan fingerprint density at radius 1 is 1.04 bits per heavy atom. The van der Waals surface area contributed by atoms with Crippen molar-refractivity contribution in [3.05, 3.63) is 85.5 Å². The quantitative estimate of drug-likeness (QED) is 0.142. The highest BCUT2D eigenvalue weighted by Crippen LogP contribution is 2.68. The summed E-state index contributed by atoms with van der Waals surface area (Å²) in [5.41, 5.74) is 1.70. The summed E-state index contributed by atoms with van der Waals surface area (Å²) in [6, 6.07) is 16.4. The summed E-state index contributed by atoms with van der Waals surface area (Å²) in [4.78, 5) is 49.2. The molecular formula is C36H44BrN3O5S. The van der Waals surface area contributed by atoms with Crippen LogP contribution in [-0.2, 0) is 20.9 Å². The lowest BCUT2D eigenvalue weighted by Gasteiger charge is -2.38. The van der Waals surface area contributed by atoms with Gasteiger partial charge in [0.2, 0.25) is 11.8 Å². The van der Waals surface area contributed by atoms with Gasteiger partial charge in [-0.2, -0.15) is 0 Å². The molecule has 46 heavy (non-hydrogen) atoms. The van der Waals surface area contributed by atoms with Gasteiger partial charge in [-0.25, -0.2) is 0 Å². The highest BCUT2D eigenvalue weighted by atomic mass is 79.9. The molecule has 1 N–H and O–H groups in total. The van der Waals surface area contributed by atoms with Gasteiger partial charge in [0.15, 0.2) is 0 Å². The predicted octanol–water partition coefficient (Wildman–Crippen LogP) is 5.45. The van der Waals surface area contributed by atoms with Gasteiger partial charge in [0, 0.05) is 48.6 Å². The van der Waals surface area contributed by atoms with Crippen LogP contribution in [0.15, 0.2) is 79.9 Å². The first-order chi connectivity index (χ1) is 22.3. The number of carbonyl (C=O) groups excluding carboxylic acids is 3. The van der Waals surface area contributed by atoms with E-state index in [0.717, 1.165) is 18.4 Å². The monoisotopic (exact) mass is 709 g/mol. The molecule has 8 nitrogen and oxygen atoms in total. The average Bonchev–Trinajstić information content (AvgIpc) is 3.66. The number of thioether (sulfide) groups is 1. The number of aliphatic hydroxyl groups excluding tert-OH is 1. The smallest absolute Gasteiger partial charge is 0.251 e. The number of halogens is 1. The number of nitrogens with zero attached hydrogens (tertiary/aromatic N) is 3. The fraction of sp³-hybridized carbons (Fsp3) is 0.472. The van der Waals surface area contributed by atoms with Gasteiger partial charge in [0.25, 0.3) is 5.91 Å². The summed E-state index contributed by atoms with van der Waals surface area (Å²) in [7, 11) is 1.60. The third kappa shape index (κ3) is 6.53. The topological polar surface area (TPSA) is 90.4 Å². The number of methoxy groups -OCH3 is 1. The van der Waals surface area contributed by atoms with Crippen molar-refractivity contribution in [1.29, 1.82) is 0 Å². The Balaban J connectivity index is 1.52.